The van der Waals surface area contributed by atoms with E-state index < -0.39 is 0 Å². The van der Waals surface area contributed by atoms with E-state index in [2.05, 4.69) is 11.9 Å². The first-order valence-corrected chi connectivity index (χ1v) is 9.83. The molecule has 0 radical (unpaired) electrons. The van der Waals surface area contributed by atoms with Crippen molar-refractivity contribution >= 4 is 11.7 Å². The van der Waals surface area contributed by atoms with E-state index in [4.69, 9.17) is 9.15 Å². The van der Waals surface area contributed by atoms with Crippen LogP contribution in [0, 0.1) is 0 Å². The summed E-state index contributed by atoms with van der Waals surface area (Å²) in [5, 5.41) is 0. The highest BCUT2D eigenvalue weighted by Gasteiger charge is 2.28. The second-order valence-electron chi connectivity index (χ2n) is 7.23. The molecule has 0 N–H and O–H groups in total. The molecular weight excluding hydrogens is 356 g/mol. The molecule has 0 aliphatic carbocycles. The summed E-state index contributed by atoms with van der Waals surface area (Å²) in [6.45, 7) is 4.20. The molecule has 1 aromatic carbocycles. The van der Waals surface area contributed by atoms with Crippen LogP contribution >= 0.6 is 0 Å². The molecule has 3 rings (SSSR count). The fraction of sp³-hybridized carbons (Fsp3) is 0.455. The summed E-state index contributed by atoms with van der Waals surface area (Å²) in [4.78, 5) is 28.8. The Hall–Kier alpha value is -2.60. The maximum absolute atomic E-state index is 12.9. The fourth-order valence-electron chi connectivity index (χ4n) is 3.47. The number of hydrogen-bond donors (Lipinski definition) is 0. The number of carbonyl (C=O) groups is 2. The number of rotatable bonds is 8. The van der Waals surface area contributed by atoms with Crippen LogP contribution in [0.4, 0.5) is 0 Å². The van der Waals surface area contributed by atoms with Crippen molar-refractivity contribution in [2.75, 3.05) is 26.7 Å². The van der Waals surface area contributed by atoms with E-state index in [1.54, 1.807) is 30.5 Å². The van der Waals surface area contributed by atoms with Crippen LogP contribution in [-0.2, 0) is 11.3 Å². The molecule has 0 spiro atoms. The molecule has 0 saturated carbocycles. The second kappa shape index (κ2) is 9.55. The molecule has 1 aliphatic rings. The van der Waals surface area contributed by atoms with Gasteiger partial charge in [-0.15, -0.1) is 0 Å². The molecule has 1 fully saturated rings. The standard InChI is InChI=1S/C22H28N2O4/c1-3-21(25)17-6-8-19(9-7-17)28-16-22(26)24(15-20-5-4-14-27-20)18-10-12-23(2)13-11-18/h4-9,14,18H,3,10-13,15-16H2,1-2H3. The molecule has 150 valence electrons. The minimum absolute atomic E-state index is 0.0336. The van der Waals surface area contributed by atoms with Gasteiger partial charge in [-0.05, 0) is 69.4 Å². The van der Waals surface area contributed by atoms with Gasteiger partial charge >= 0.3 is 0 Å². The minimum Gasteiger partial charge on any atom is -0.484 e. The Labute approximate surface area is 166 Å². The van der Waals surface area contributed by atoms with E-state index in [9.17, 15) is 9.59 Å². The molecule has 1 aromatic heterocycles. The molecule has 0 unspecified atom stereocenters. The number of amides is 1. The highest BCUT2D eigenvalue weighted by Crippen LogP contribution is 2.20. The molecule has 2 heterocycles. The number of Topliss-reactive ketones (excluding diaryl/α,β-unsaturated/α-hetero) is 1. The molecule has 1 amide bonds. The molecule has 6 nitrogen and oxygen atoms in total. The van der Waals surface area contributed by atoms with Crippen LogP contribution in [0.15, 0.2) is 47.1 Å². The van der Waals surface area contributed by atoms with Crippen molar-refractivity contribution in [1.29, 1.82) is 0 Å². The van der Waals surface area contributed by atoms with Crippen molar-refractivity contribution in [3.63, 3.8) is 0 Å². The summed E-state index contributed by atoms with van der Waals surface area (Å²) < 4.78 is 11.2. The van der Waals surface area contributed by atoms with Crippen LogP contribution in [0.2, 0.25) is 0 Å². The summed E-state index contributed by atoms with van der Waals surface area (Å²) >= 11 is 0. The first kappa shape index (κ1) is 20.1. The normalized spacial score (nSPS) is 15.4. The van der Waals surface area contributed by atoms with Crippen LogP contribution in [0.25, 0.3) is 0 Å². The lowest BCUT2D eigenvalue weighted by molar-refractivity contribution is -0.137. The minimum atomic E-state index is -0.0559. The fourth-order valence-corrected chi connectivity index (χ4v) is 3.47. The molecule has 0 atom stereocenters. The van der Waals surface area contributed by atoms with E-state index in [-0.39, 0.29) is 24.3 Å². The van der Waals surface area contributed by atoms with Gasteiger partial charge < -0.3 is 19.0 Å². The molecular formula is C22H28N2O4. The number of likely N-dealkylation sites (tertiary alicyclic amines) is 1. The Balaban J connectivity index is 1.62. The highest BCUT2D eigenvalue weighted by atomic mass is 16.5. The van der Waals surface area contributed by atoms with Crippen LogP contribution < -0.4 is 4.74 Å². The van der Waals surface area contributed by atoms with Gasteiger partial charge in [0, 0.05) is 18.0 Å². The summed E-state index contributed by atoms with van der Waals surface area (Å²) in [5.74, 6) is 1.39. The highest BCUT2D eigenvalue weighted by molar-refractivity contribution is 5.95. The Bertz CT molecular complexity index is 762. The zero-order valence-corrected chi connectivity index (χ0v) is 16.6. The lowest BCUT2D eigenvalue weighted by Crippen LogP contribution is -2.47. The number of hydrogen-bond acceptors (Lipinski definition) is 5. The number of ketones is 1. The molecule has 0 bridgehead atoms. The van der Waals surface area contributed by atoms with Gasteiger partial charge in [-0.3, -0.25) is 9.59 Å². The lowest BCUT2D eigenvalue weighted by atomic mass is 10.0. The third-order valence-corrected chi connectivity index (χ3v) is 5.22. The second-order valence-corrected chi connectivity index (χ2v) is 7.23. The number of carbonyl (C=O) groups excluding carboxylic acids is 2. The summed E-state index contributed by atoms with van der Waals surface area (Å²) in [5.41, 5.74) is 0.659. The van der Waals surface area contributed by atoms with E-state index in [1.165, 1.54) is 0 Å². The van der Waals surface area contributed by atoms with Gasteiger partial charge in [0.25, 0.3) is 5.91 Å². The van der Waals surface area contributed by atoms with Crippen LogP contribution in [-0.4, -0.2) is 54.3 Å². The quantitative estimate of drug-likeness (QED) is 0.653. The van der Waals surface area contributed by atoms with Gasteiger partial charge in [0.1, 0.15) is 11.5 Å². The van der Waals surface area contributed by atoms with Gasteiger partial charge in [-0.2, -0.15) is 0 Å². The average molecular weight is 384 g/mol. The van der Waals surface area contributed by atoms with E-state index >= 15 is 0 Å². The number of nitrogens with zero attached hydrogens (tertiary/aromatic N) is 2. The van der Waals surface area contributed by atoms with Gasteiger partial charge in [-0.25, -0.2) is 0 Å². The smallest absolute Gasteiger partial charge is 0.261 e. The molecule has 1 saturated heterocycles. The zero-order valence-electron chi connectivity index (χ0n) is 16.6. The third-order valence-electron chi connectivity index (χ3n) is 5.22. The van der Waals surface area contributed by atoms with Crippen molar-refractivity contribution in [3.05, 3.63) is 54.0 Å². The van der Waals surface area contributed by atoms with E-state index in [0.717, 1.165) is 31.7 Å². The van der Waals surface area contributed by atoms with Crippen molar-refractivity contribution in [1.82, 2.24) is 9.80 Å². The Morgan fingerprint density at radius 2 is 1.89 bits per heavy atom. The molecule has 1 aliphatic heterocycles. The number of piperidine rings is 1. The SMILES string of the molecule is CCC(=O)c1ccc(OCC(=O)N(Cc2ccco2)C2CCN(C)CC2)cc1. The number of furan rings is 1. The first-order valence-electron chi connectivity index (χ1n) is 9.83. The van der Waals surface area contributed by atoms with Crippen LogP contribution in [0.1, 0.15) is 42.3 Å². The van der Waals surface area contributed by atoms with Crippen LogP contribution in [0.3, 0.4) is 0 Å². The molecule has 2 aromatic rings. The summed E-state index contributed by atoms with van der Waals surface area (Å²) in [7, 11) is 2.10. The van der Waals surface area contributed by atoms with Gasteiger partial charge in [0.15, 0.2) is 12.4 Å². The predicted molar refractivity (Wildman–Crippen MR) is 106 cm³/mol. The van der Waals surface area contributed by atoms with E-state index in [1.807, 2.05) is 24.0 Å². The maximum Gasteiger partial charge on any atom is 0.261 e. The van der Waals surface area contributed by atoms with Crippen LogP contribution in [0.5, 0.6) is 5.75 Å². The number of ether oxygens (including phenoxy) is 1. The first-order chi connectivity index (χ1) is 13.6. The van der Waals surface area contributed by atoms with Gasteiger partial charge in [-0.1, -0.05) is 6.92 Å². The summed E-state index contributed by atoms with van der Waals surface area (Å²) in [6, 6.07) is 10.9. The third kappa shape index (κ3) is 5.23. The van der Waals surface area contributed by atoms with Gasteiger partial charge in [0.05, 0.1) is 12.8 Å². The lowest BCUT2D eigenvalue weighted by Gasteiger charge is -2.37. The topological polar surface area (TPSA) is 63.0 Å². The van der Waals surface area contributed by atoms with Gasteiger partial charge in [0.2, 0.25) is 0 Å². The van der Waals surface area contributed by atoms with Crippen molar-refractivity contribution in [2.45, 2.75) is 38.8 Å². The van der Waals surface area contributed by atoms with Crippen molar-refractivity contribution in [3.8, 4) is 5.75 Å². The summed E-state index contributed by atoms with van der Waals surface area (Å²) in [6.07, 6.45) is 3.98. The maximum atomic E-state index is 12.9. The zero-order chi connectivity index (χ0) is 19.9. The molecule has 6 heteroatoms. The van der Waals surface area contributed by atoms with E-state index in [0.29, 0.717) is 24.3 Å². The molecule has 28 heavy (non-hydrogen) atoms. The largest absolute Gasteiger partial charge is 0.484 e. The van der Waals surface area contributed by atoms with Crippen molar-refractivity contribution in [2.24, 2.45) is 0 Å². The van der Waals surface area contributed by atoms with Crippen molar-refractivity contribution < 1.29 is 18.7 Å². The number of benzene rings is 1. The average Bonchev–Trinajstić information content (AvgIpc) is 3.24. The monoisotopic (exact) mass is 384 g/mol. The predicted octanol–water partition coefficient (Wildman–Crippen LogP) is 3.37. The Morgan fingerprint density at radius 3 is 2.50 bits per heavy atom. The Kier molecular flexibility index (Phi) is 6.87. The Morgan fingerprint density at radius 1 is 1.18 bits per heavy atom.